The van der Waals surface area contributed by atoms with Crippen molar-refractivity contribution in [2.75, 3.05) is 26.4 Å². The fraction of sp³-hybridized carbons (Fsp3) is 0.372. The zero-order chi connectivity index (χ0) is 40.2. The molecule has 5 rings (SSSR count). The van der Waals surface area contributed by atoms with E-state index in [1.54, 1.807) is 89.5 Å². The number of carbonyl (C=O) groups is 4. The Morgan fingerprint density at radius 2 is 1.39 bits per heavy atom. The molecule has 0 bridgehead atoms. The molecule has 0 saturated carbocycles. The fourth-order valence-corrected chi connectivity index (χ4v) is 7.01. The smallest absolute Gasteiger partial charge is 0.408 e. The van der Waals surface area contributed by atoms with E-state index in [4.69, 9.17) is 14.2 Å². The Kier molecular flexibility index (Phi) is 14.5. The number of carbonyl (C=O) groups excluding carboxylic acids is 3. The van der Waals surface area contributed by atoms with E-state index in [0.717, 1.165) is 27.2 Å². The lowest BCUT2D eigenvalue weighted by molar-refractivity contribution is -0.165. The molecule has 13 heteroatoms. The van der Waals surface area contributed by atoms with Gasteiger partial charge in [-0.25, -0.2) is 9.59 Å². The minimum absolute atomic E-state index is 0.0706. The van der Waals surface area contributed by atoms with E-state index in [1.165, 1.54) is 4.90 Å². The average molecular weight is 766 g/mol. The van der Waals surface area contributed by atoms with Crippen molar-refractivity contribution in [2.45, 2.75) is 77.5 Å². The molecular formula is C43H51N5O8. The third-order valence-electron chi connectivity index (χ3n) is 9.75. The maximum Gasteiger partial charge on any atom is 0.408 e. The van der Waals surface area contributed by atoms with Crippen molar-refractivity contribution >= 4 is 24.0 Å². The molecule has 296 valence electrons. The number of nitrogens with one attached hydrogen (secondary N) is 2. The van der Waals surface area contributed by atoms with Gasteiger partial charge in [0.15, 0.2) is 6.29 Å². The lowest BCUT2D eigenvalue weighted by Gasteiger charge is -2.39. The van der Waals surface area contributed by atoms with Crippen LogP contribution in [0.25, 0.3) is 11.1 Å². The number of hydrogen-bond acceptors (Lipinski definition) is 8. The SMILES string of the molecule is CCOC(CN(C(=O)C(C(NC(=O)OCC1c2ccccc2-c2ccccc21)C(=O)NC(C)c1cccnc1)N(Cc1ccccc1)C(=O)O)C(C)C)OCC. The maximum atomic E-state index is 15.0. The minimum atomic E-state index is -1.76. The summed E-state index contributed by atoms with van der Waals surface area (Å²) in [5.41, 5.74) is 5.26. The second-order valence-electron chi connectivity index (χ2n) is 13.7. The number of benzene rings is 3. The number of fused-ring (bicyclic) bond motifs is 3. The normalized spacial score (nSPS) is 13.6. The van der Waals surface area contributed by atoms with Crippen LogP contribution in [0.3, 0.4) is 0 Å². The molecule has 4 aromatic rings. The van der Waals surface area contributed by atoms with Crippen LogP contribution >= 0.6 is 0 Å². The summed E-state index contributed by atoms with van der Waals surface area (Å²) in [5.74, 6) is -1.83. The molecule has 0 fully saturated rings. The van der Waals surface area contributed by atoms with Crippen LogP contribution in [0.1, 0.15) is 68.8 Å². The molecule has 4 amide bonds. The third kappa shape index (κ3) is 10.1. The quantitative estimate of drug-likeness (QED) is 0.0982. The summed E-state index contributed by atoms with van der Waals surface area (Å²) in [5, 5.41) is 16.3. The molecule has 1 heterocycles. The predicted octanol–water partition coefficient (Wildman–Crippen LogP) is 6.35. The van der Waals surface area contributed by atoms with E-state index in [0.29, 0.717) is 24.3 Å². The van der Waals surface area contributed by atoms with E-state index in [-0.39, 0.29) is 25.6 Å². The monoisotopic (exact) mass is 765 g/mol. The number of carboxylic acid groups (broad SMARTS) is 1. The summed E-state index contributed by atoms with van der Waals surface area (Å²) in [6.07, 6.45) is -0.128. The number of hydrogen-bond donors (Lipinski definition) is 3. The van der Waals surface area contributed by atoms with Gasteiger partial charge in [-0.3, -0.25) is 19.5 Å². The lowest BCUT2D eigenvalue weighted by Crippen LogP contribution is -2.66. The van der Waals surface area contributed by atoms with Crippen molar-refractivity contribution in [1.29, 1.82) is 0 Å². The molecule has 0 saturated heterocycles. The summed E-state index contributed by atoms with van der Waals surface area (Å²) in [6.45, 7) is 9.03. The van der Waals surface area contributed by atoms with E-state index >= 15 is 4.79 Å². The highest BCUT2D eigenvalue weighted by atomic mass is 16.7. The summed E-state index contributed by atoms with van der Waals surface area (Å²) in [6, 6.07) is 23.3. The Labute approximate surface area is 328 Å². The van der Waals surface area contributed by atoms with Gasteiger partial charge in [-0.2, -0.15) is 0 Å². The van der Waals surface area contributed by atoms with Crippen LogP contribution in [-0.2, 0) is 30.3 Å². The molecule has 3 N–H and O–H groups in total. The molecule has 1 aliphatic carbocycles. The van der Waals surface area contributed by atoms with E-state index in [2.05, 4.69) is 15.6 Å². The van der Waals surface area contributed by atoms with Crippen molar-refractivity contribution in [3.63, 3.8) is 0 Å². The number of ether oxygens (including phenoxy) is 3. The predicted molar refractivity (Wildman–Crippen MR) is 210 cm³/mol. The number of alkyl carbamates (subject to hydrolysis) is 1. The molecule has 0 radical (unpaired) electrons. The Balaban J connectivity index is 1.54. The molecule has 3 atom stereocenters. The standard InChI is InChI=1S/C43H51N5O8/c1-6-54-37(55-7-2)26-47(28(3)4)41(50)39(48(43(52)53)25-30-16-9-8-10-17-30)38(40(49)45-29(5)31-18-15-23-44-24-31)46-42(51)56-27-36-34-21-13-11-19-32(34)33-20-12-14-22-35(33)36/h8-24,28-29,36-39H,6-7,25-27H2,1-5H3,(H,45,49)(H,46,51)(H,52,53). The molecule has 3 unspecified atom stereocenters. The first kappa shape index (κ1) is 41.4. The van der Waals surface area contributed by atoms with Gasteiger partial charge in [0.2, 0.25) is 11.8 Å². The van der Waals surface area contributed by atoms with Crippen LogP contribution in [0.4, 0.5) is 9.59 Å². The molecular weight excluding hydrogens is 715 g/mol. The van der Waals surface area contributed by atoms with Crippen LogP contribution in [0.15, 0.2) is 103 Å². The molecule has 1 aromatic heterocycles. The second kappa shape index (κ2) is 19.7. The van der Waals surface area contributed by atoms with Crippen molar-refractivity contribution < 1.29 is 38.5 Å². The fourth-order valence-electron chi connectivity index (χ4n) is 7.01. The molecule has 1 aliphatic rings. The highest BCUT2D eigenvalue weighted by Crippen LogP contribution is 2.44. The van der Waals surface area contributed by atoms with Crippen LogP contribution in [-0.4, -0.2) is 94.7 Å². The van der Waals surface area contributed by atoms with Crippen LogP contribution in [0, 0.1) is 0 Å². The summed E-state index contributed by atoms with van der Waals surface area (Å²) >= 11 is 0. The number of aromatic nitrogens is 1. The van der Waals surface area contributed by atoms with Gasteiger partial charge in [-0.15, -0.1) is 0 Å². The zero-order valence-electron chi connectivity index (χ0n) is 32.5. The van der Waals surface area contributed by atoms with E-state index in [1.807, 2.05) is 48.5 Å². The Morgan fingerprint density at radius 3 is 1.95 bits per heavy atom. The molecule has 0 aliphatic heterocycles. The summed E-state index contributed by atoms with van der Waals surface area (Å²) in [7, 11) is 0. The van der Waals surface area contributed by atoms with Gasteiger partial charge < -0.3 is 34.9 Å². The molecule has 56 heavy (non-hydrogen) atoms. The van der Waals surface area contributed by atoms with Crippen LogP contribution in [0.2, 0.25) is 0 Å². The molecule has 3 aromatic carbocycles. The van der Waals surface area contributed by atoms with Gasteiger partial charge in [0.1, 0.15) is 18.7 Å². The zero-order valence-corrected chi connectivity index (χ0v) is 32.5. The number of nitrogens with zero attached hydrogens (tertiary/aromatic N) is 3. The average Bonchev–Trinajstić information content (AvgIpc) is 3.52. The first-order valence-electron chi connectivity index (χ1n) is 18.9. The van der Waals surface area contributed by atoms with Gasteiger partial charge in [0.05, 0.1) is 12.6 Å². The van der Waals surface area contributed by atoms with Crippen LogP contribution in [0.5, 0.6) is 0 Å². The topological polar surface area (TPSA) is 160 Å². The summed E-state index contributed by atoms with van der Waals surface area (Å²) < 4.78 is 17.4. The van der Waals surface area contributed by atoms with Crippen molar-refractivity contribution in [3.8, 4) is 11.1 Å². The molecule has 13 nitrogen and oxygen atoms in total. The van der Waals surface area contributed by atoms with Crippen molar-refractivity contribution in [3.05, 3.63) is 126 Å². The van der Waals surface area contributed by atoms with Gasteiger partial charge >= 0.3 is 12.2 Å². The highest BCUT2D eigenvalue weighted by Gasteiger charge is 2.45. The van der Waals surface area contributed by atoms with Crippen molar-refractivity contribution in [1.82, 2.24) is 25.4 Å². The highest BCUT2D eigenvalue weighted by molar-refractivity contribution is 5.96. The third-order valence-corrected chi connectivity index (χ3v) is 9.75. The first-order valence-corrected chi connectivity index (χ1v) is 18.9. The lowest BCUT2D eigenvalue weighted by atomic mass is 9.98. The maximum absolute atomic E-state index is 15.0. The van der Waals surface area contributed by atoms with Gasteiger partial charge in [-0.05, 0) is 74.1 Å². The number of pyridine rings is 1. The summed E-state index contributed by atoms with van der Waals surface area (Å²) in [4.78, 5) is 63.3. The number of amides is 4. The minimum Gasteiger partial charge on any atom is -0.465 e. The largest absolute Gasteiger partial charge is 0.465 e. The van der Waals surface area contributed by atoms with Crippen molar-refractivity contribution in [2.24, 2.45) is 0 Å². The number of rotatable bonds is 18. The Hall–Kier alpha value is -5.79. The van der Waals surface area contributed by atoms with E-state index in [9.17, 15) is 19.5 Å². The van der Waals surface area contributed by atoms with Crippen LogP contribution < -0.4 is 10.6 Å². The molecule has 0 spiro atoms. The Bertz CT molecular complexity index is 1880. The van der Waals surface area contributed by atoms with Gasteiger partial charge in [-0.1, -0.05) is 84.9 Å². The van der Waals surface area contributed by atoms with Gasteiger partial charge in [0, 0.05) is 44.1 Å². The second-order valence-corrected chi connectivity index (χ2v) is 13.7. The first-order chi connectivity index (χ1) is 27.0. The van der Waals surface area contributed by atoms with E-state index < -0.39 is 54.5 Å². The Morgan fingerprint density at radius 1 is 0.786 bits per heavy atom. The van der Waals surface area contributed by atoms with Gasteiger partial charge in [0.25, 0.3) is 0 Å².